The Morgan fingerprint density at radius 1 is 1.07 bits per heavy atom. The topological polar surface area (TPSA) is 75.7 Å². The molecular formula is C22H24N2O4. The minimum absolute atomic E-state index is 0.0889. The van der Waals surface area contributed by atoms with E-state index in [4.69, 9.17) is 4.74 Å². The van der Waals surface area contributed by atoms with E-state index in [1.54, 1.807) is 11.0 Å². The Morgan fingerprint density at radius 3 is 2.54 bits per heavy atom. The summed E-state index contributed by atoms with van der Waals surface area (Å²) in [5.74, 6) is -1.61. The number of nitrogens with one attached hydrogen (secondary N) is 1. The number of carbonyl (C=O) groups is 3. The second-order valence-corrected chi connectivity index (χ2v) is 7.10. The highest BCUT2D eigenvalue weighted by Crippen LogP contribution is 2.29. The maximum absolute atomic E-state index is 12.4. The van der Waals surface area contributed by atoms with Gasteiger partial charge in [0.1, 0.15) is 0 Å². The largest absolute Gasteiger partial charge is 0.455 e. The molecule has 1 N–H and O–H groups in total. The van der Waals surface area contributed by atoms with Crippen molar-refractivity contribution in [3.8, 4) is 0 Å². The van der Waals surface area contributed by atoms with Crippen LogP contribution in [0.25, 0.3) is 0 Å². The lowest BCUT2D eigenvalue weighted by Gasteiger charge is -2.20. The summed E-state index contributed by atoms with van der Waals surface area (Å²) in [6.45, 7) is 5.72. The summed E-state index contributed by atoms with van der Waals surface area (Å²) in [7, 11) is 0. The second kappa shape index (κ2) is 8.25. The highest BCUT2D eigenvalue weighted by atomic mass is 16.5. The number of benzene rings is 2. The van der Waals surface area contributed by atoms with Crippen LogP contribution in [0, 0.1) is 26.7 Å². The Hall–Kier alpha value is -3.15. The van der Waals surface area contributed by atoms with E-state index in [9.17, 15) is 14.4 Å². The van der Waals surface area contributed by atoms with E-state index in [1.807, 2.05) is 57.2 Å². The van der Waals surface area contributed by atoms with E-state index in [-0.39, 0.29) is 25.5 Å². The van der Waals surface area contributed by atoms with Crippen LogP contribution in [0.4, 0.5) is 11.4 Å². The van der Waals surface area contributed by atoms with E-state index in [0.29, 0.717) is 5.69 Å². The van der Waals surface area contributed by atoms with Crippen LogP contribution in [-0.2, 0) is 19.1 Å². The van der Waals surface area contributed by atoms with Gasteiger partial charge in [-0.15, -0.1) is 0 Å². The van der Waals surface area contributed by atoms with Crippen molar-refractivity contribution in [2.45, 2.75) is 27.2 Å². The van der Waals surface area contributed by atoms with Crippen LogP contribution in [0.15, 0.2) is 42.5 Å². The summed E-state index contributed by atoms with van der Waals surface area (Å²) in [6.07, 6.45) is 0.0889. The molecule has 28 heavy (non-hydrogen) atoms. The molecule has 6 nitrogen and oxygen atoms in total. The van der Waals surface area contributed by atoms with Gasteiger partial charge in [-0.05, 0) is 49.6 Å². The lowest BCUT2D eigenvalue weighted by atomic mass is 10.1. The number of aryl methyl sites for hydroxylation is 2. The molecule has 6 heteroatoms. The molecule has 1 saturated heterocycles. The number of nitrogens with zero attached hydrogens (tertiary/aromatic N) is 1. The lowest BCUT2D eigenvalue weighted by Crippen LogP contribution is -2.28. The Labute approximate surface area is 164 Å². The van der Waals surface area contributed by atoms with Gasteiger partial charge in [0.05, 0.1) is 5.92 Å². The maximum atomic E-state index is 12.4. The van der Waals surface area contributed by atoms with Gasteiger partial charge in [0.2, 0.25) is 5.91 Å². The molecule has 3 rings (SSSR count). The van der Waals surface area contributed by atoms with Gasteiger partial charge in [0.25, 0.3) is 5.91 Å². The first-order valence-electron chi connectivity index (χ1n) is 9.25. The zero-order chi connectivity index (χ0) is 20.3. The summed E-state index contributed by atoms with van der Waals surface area (Å²) >= 11 is 0. The normalized spacial score (nSPS) is 16.2. The van der Waals surface area contributed by atoms with E-state index < -0.39 is 17.8 Å². The molecule has 1 aliphatic rings. The van der Waals surface area contributed by atoms with Gasteiger partial charge >= 0.3 is 5.97 Å². The number of amides is 2. The van der Waals surface area contributed by atoms with Crippen LogP contribution in [-0.4, -0.2) is 30.9 Å². The zero-order valence-electron chi connectivity index (χ0n) is 16.3. The number of hydrogen-bond donors (Lipinski definition) is 1. The number of esters is 1. The monoisotopic (exact) mass is 380 g/mol. The maximum Gasteiger partial charge on any atom is 0.311 e. The molecule has 0 saturated carbocycles. The summed E-state index contributed by atoms with van der Waals surface area (Å²) in [6, 6.07) is 13.1. The highest BCUT2D eigenvalue weighted by Gasteiger charge is 2.37. The Balaban J connectivity index is 1.57. The Morgan fingerprint density at radius 2 is 1.79 bits per heavy atom. The minimum atomic E-state index is -0.571. The predicted octanol–water partition coefficient (Wildman–Crippen LogP) is 3.15. The third kappa shape index (κ3) is 4.22. The Kier molecular flexibility index (Phi) is 5.78. The van der Waals surface area contributed by atoms with Gasteiger partial charge in [0.15, 0.2) is 6.61 Å². The lowest BCUT2D eigenvalue weighted by molar-refractivity contribution is -0.151. The quantitative estimate of drug-likeness (QED) is 0.809. The molecule has 0 unspecified atom stereocenters. The molecule has 146 valence electrons. The number of hydrogen-bond acceptors (Lipinski definition) is 4. The van der Waals surface area contributed by atoms with Crippen molar-refractivity contribution < 1.29 is 19.1 Å². The fourth-order valence-electron chi connectivity index (χ4n) is 3.28. The van der Waals surface area contributed by atoms with Gasteiger partial charge in [0, 0.05) is 24.3 Å². The molecular weight excluding hydrogens is 356 g/mol. The van der Waals surface area contributed by atoms with Crippen LogP contribution in [0.5, 0.6) is 0 Å². The van der Waals surface area contributed by atoms with Crippen molar-refractivity contribution in [2.24, 2.45) is 5.92 Å². The van der Waals surface area contributed by atoms with Gasteiger partial charge in [-0.2, -0.15) is 0 Å². The molecule has 1 aliphatic heterocycles. The minimum Gasteiger partial charge on any atom is -0.455 e. The average molecular weight is 380 g/mol. The molecule has 0 radical (unpaired) electrons. The van der Waals surface area contributed by atoms with E-state index in [0.717, 1.165) is 22.4 Å². The molecule has 0 aromatic heterocycles. The number of carbonyl (C=O) groups excluding carboxylic acids is 3. The van der Waals surface area contributed by atoms with Crippen LogP contribution in [0.3, 0.4) is 0 Å². The standard InChI is InChI=1S/C22H24N2O4/c1-14-8-6-10-19(16(14)3)24-12-17(11-21(24)26)22(27)28-13-20(25)23-18-9-5-4-7-15(18)2/h4-10,17H,11-13H2,1-3H3,(H,23,25)/t17-/m1/s1. The van der Waals surface area contributed by atoms with E-state index >= 15 is 0 Å². The SMILES string of the molecule is Cc1ccccc1NC(=O)COC(=O)[C@@H]1CC(=O)N(c2cccc(C)c2C)C1. The first kappa shape index (κ1) is 19.6. The number of anilines is 2. The molecule has 0 bridgehead atoms. The van der Waals surface area contributed by atoms with Crippen LogP contribution >= 0.6 is 0 Å². The summed E-state index contributed by atoms with van der Waals surface area (Å²) in [4.78, 5) is 38.4. The smallest absolute Gasteiger partial charge is 0.311 e. The number of rotatable bonds is 5. The zero-order valence-corrected chi connectivity index (χ0v) is 16.3. The van der Waals surface area contributed by atoms with Gasteiger partial charge in [-0.25, -0.2) is 0 Å². The van der Waals surface area contributed by atoms with Crippen molar-refractivity contribution >= 4 is 29.2 Å². The van der Waals surface area contributed by atoms with Gasteiger partial charge < -0.3 is 15.0 Å². The van der Waals surface area contributed by atoms with Crippen LogP contribution in [0.2, 0.25) is 0 Å². The first-order chi connectivity index (χ1) is 13.4. The summed E-state index contributed by atoms with van der Waals surface area (Å²) in [5, 5.41) is 2.72. The molecule has 1 heterocycles. The van der Waals surface area contributed by atoms with Crippen molar-refractivity contribution in [2.75, 3.05) is 23.4 Å². The second-order valence-electron chi connectivity index (χ2n) is 7.10. The van der Waals surface area contributed by atoms with Crippen molar-refractivity contribution in [1.29, 1.82) is 0 Å². The Bertz CT molecular complexity index is 923. The predicted molar refractivity (Wildman–Crippen MR) is 107 cm³/mol. The van der Waals surface area contributed by atoms with Crippen LogP contribution in [0.1, 0.15) is 23.1 Å². The molecule has 2 aromatic carbocycles. The van der Waals surface area contributed by atoms with Gasteiger partial charge in [-0.1, -0.05) is 30.3 Å². The molecule has 0 aliphatic carbocycles. The number of ether oxygens (including phenoxy) is 1. The summed E-state index contributed by atoms with van der Waals surface area (Å²) < 4.78 is 5.16. The van der Waals surface area contributed by atoms with Crippen LogP contribution < -0.4 is 10.2 Å². The molecule has 1 atom stereocenters. The summed E-state index contributed by atoms with van der Waals surface area (Å²) in [5.41, 5.74) is 4.53. The third-order valence-corrected chi connectivity index (χ3v) is 5.09. The fraction of sp³-hybridized carbons (Fsp3) is 0.318. The van der Waals surface area contributed by atoms with Gasteiger partial charge in [-0.3, -0.25) is 14.4 Å². The molecule has 1 fully saturated rings. The fourth-order valence-corrected chi connectivity index (χ4v) is 3.28. The van der Waals surface area contributed by atoms with Crippen molar-refractivity contribution in [3.05, 3.63) is 59.2 Å². The molecule has 0 spiro atoms. The molecule has 2 amide bonds. The highest BCUT2D eigenvalue weighted by molar-refractivity contribution is 6.00. The third-order valence-electron chi connectivity index (χ3n) is 5.09. The first-order valence-corrected chi connectivity index (χ1v) is 9.25. The molecule has 2 aromatic rings. The van der Waals surface area contributed by atoms with Crippen molar-refractivity contribution in [1.82, 2.24) is 0 Å². The van der Waals surface area contributed by atoms with Crippen molar-refractivity contribution in [3.63, 3.8) is 0 Å². The van der Waals surface area contributed by atoms with E-state index in [1.165, 1.54) is 0 Å². The number of para-hydroxylation sites is 1. The van der Waals surface area contributed by atoms with E-state index in [2.05, 4.69) is 5.32 Å². The average Bonchev–Trinajstić information content (AvgIpc) is 3.05.